The summed E-state index contributed by atoms with van der Waals surface area (Å²) in [5.74, 6) is 0.0706. The number of amides is 2. The standard InChI is InChI=1S/C32H48ClN3O3/c1-20-23(28(37)34-19-32(8,9)39)17-26(36(20)18-21-13-11-10-12-14-21)24-15-22(30(2,3)4)16-25(27(24)33)29(38)35-31(5,6)7/h15-17,21,39H,10-14,18-19H2,1-9H3,(H,34,37)(H,35,38). The van der Waals surface area contributed by atoms with Crippen molar-refractivity contribution in [1.29, 1.82) is 0 Å². The fourth-order valence-electron chi connectivity index (χ4n) is 5.17. The Labute approximate surface area is 239 Å². The molecule has 216 valence electrons. The summed E-state index contributed by atoms with van der Waals surface area (Å²) in [5, 5.41) is 16.5. The lowest BCUT2D eigenvalue weighted by Crippen LogP contribution is -2.40. The molecular formula is C32H48ClN3O3. The number of carbonyl (C=O) groups excluding carboxylic acids is 2. The number of aromatic nitrogens is 1. The summed E-state index contributed by atoms with van der Waals surface area (Å²) >= 11 is 7.06. The van der Waals surface area contributed by atoms with E-state index >= 15 is 0 Å². The van der Waals surface area contributed by atoms with Gasteiger partial charge in [0.05, 0.1) is 27.4 Å². The van der Waals surface area contributed by atoms with E-state index in [4.69, 9.17) is 11.6 Å². The number of benzene rings is 1. The van der Waals surface area contributed by atoms with Gasteiger partial charge in [0.1, 0.15) is 0 Å². The lowest BCUT2D eigenvalue weighted by Gasteiger charge is -2.27. The van der Waals surface area contributed by atoms with Crippen LogP contribution < -0.4 is 10.6 Å². The van der Waals surface area contributed by atoms with Crippen LogP contribution in [0.25, 0.3) is 11.3 Å². The van der Waals surface area contributed by atoms with Gasteiger partial charge in [-0.15, -0.1) is 0 Å². The zero-order chi connectivity index (χ0) is 29.3. The van der Waals surface area contributed by atoms with Crippen LogP contribution in [0, 0.1) is 12.8 Å². The maximum Gasteiger partial charge on any atom is 0.253 e. The normalized spacial score (nSPS) is 15.4. The van der Waals surface area contributed by atoms with Gasteiger partial charge in [-0.3, -0.25) is 9.59 Å². The van der Waals surface area contributed by atoms with Crippen LogP contribution in [-0.4, -0.2) is 39.2 Å². The van der Waals surface area contributed by atoms with Crippen molar-refractivity contribution in [2.75, 3.05) is 6.54 Å². The molecule has 3 N–H and O–H groups in total. The maximum absolute atomic E-state index is 13.4. The van der Waals surface area contributed by atoms with E-state index in [0.29, 0.717) is 22.1 Å². The monoisotopic (exact) mass is 557 g/mol. The van der Waals surface area contributed by atoms with E-state index in [0.717, 1.165) is 41.9 Å². The number of hydrogen-bond donors (Lipinski definition) is 3. The average Bonchev–Trinajstić information content (AvgIpc) is 3.11. The highest BCUT2D eigenvalue weighted by atomic mass is 35.5. The summed E-state index contributed by atoms with van der Waals surface area (Å²) in [6.07, 6.45) is 6.02. The molecule has 2 amide bonds. The van der Waals surface area contributed by atoms with Crippen LogP contribution in [0.5, 0.6) is 0 Å². The van der Waals surface area contributed by atoms with Crippen molar-refractivity contribution in [2.24, 2.45) is 5.92 Å². The second kappa shape index (κ2) is 11.7. The molecule has 0 bridgehead atoms. The van der Waals surface area contributed by atoms with E-state index in [-0.39, 0.29) is 23.8 Å². The van der Waals surface area contributed by atoms with Crippen LogP contribution in [-0.2, 0) is 12.0 Å². The van der Waals surface area contributed by atoms with Crippen molar-refractivity contribution in [1.82, 2.24) is 15.2 Å². The number of hydrogen-bond acceptors (Lipinski definition) is 3. The van der Waals surface area contributed by atoms with E-state index < -0.39 is 11.1 Å². The number of halogens is 1. The average molecular weight is 558 g/mol. The Kier molecular flexibility index (Phi) is 9.33. The number of aliphatic hydroxyl groups is 1. The molecule has 1 fully saturated rings. The molecule has 0 radical (unpaired) electrons. The largest absolute Gasteiger partial charge is 0.389 e. The summed E-state index contributed by atoms with van der Waals surface area (Å²) in [6.45, 7) is 18.4. The Hall–Kier alpha value is -2.31. The number of nitrogens with zero attached hydrogens (tertiary/aromatic N) is 1. The minimum Gasteiger partial charge on any atom is -0.389 e. The topological polar surface area (TPSA) is 83.4 Å². The molecule has 1 aliphatic rings. The Balaban J connectivity index is 2.21. The van der Waals surface area contributed by atoms with E-state index in [1.807, 2.05) is 39.8 Å². The van der Waals surface area contributed by atoms with Crippen LogP contribution in [0.2, 0.25) is 5.02 Å². The highest BCUT2D eigenvalue weighted by Gasteiger charge is 2.28. The summed E-state index contributed by atoms with van der Waals surface area (Å²) in [4.78, 5) is 26.7. The van der Waals surface area contributed by atoms with Crippen LogP contribution in [0.15, 0.2) is 18.2 Å². The van der Waals surface area contributed by atoms with Crippen LogP contribution in [0.1, 0.15) is 119 Å². The molecular weight excluding hydrogens is 510 g/mol. The molecule has 6 nitrogen and oxygen atoms in total. The van der Waals surface area contributed by atoms with E-state index in [1.165, 1.54) is 19.3 Å². The van der Waals surface area contributed by atoms with E-state index in [1.54, 1.807) is 13.8 Å². The third-order valence-electron chi connectivity index (χ3n) is 7.41. The fraction of sp³-hybridized carbons (Fsp3) is 0.625. The number of rotatable bonds is 7. The minimum absolute atomic E-state index is 0.145. The third-order valence-corrected chi connectivity index (χ3v) is 7.81. The lowest BCUT2D eigenvalue weighted by molar-refractivity contribution is 0.0694. The predicted molar refractivity (Wildman–Crippen MR) is 161 cm³/mol. The molecule has 2 aromatic rings. The Bertz CT molecular complexity index is 1200. The molecule has 1 aromatic carbocycles. The molecule has 0 saturated heterocycles. The zero-order valence-electron chi connectivity index (χ0n) is 25.3. The van der Waals surface area contributed by atoms with Crippen LogP contribution >= 0.6 is 11.6 Å². The third kappa shape index (κ3) is 8.11. The summed E-state index contributed by atoms with van der Waals surface area (Å²) < 4.78 is 2.22. The fourth-order valence-corrected chi connectivity index (χ4v) is 5.46. The van der Waals surface area contributed by atoms with Gasteiger partial charge in [0.15, 0.2) is 0 Å². The molecule has 0 spiro atoms. The lowest BCUT2D eigenvalue weighted by atomic mass is 9.84. The molecule has 0 aliphatic heterocycles. The minimum atomic E-state index is -1.02. The molecule has 7 heteroatoms. The quantitative estimate of drug-likeness (QED) is 0.342. The second-order valence-electron chi connectivity index (χ2n) is 14.0. The Morgan fingerprint density at radius 2 is 1.56 bits per heavy atom. The van der Waals surface area contributed by atoms with Crippen molar-refractivity contribution < 1.29 is 14.7 Å². The van der Waals surface area contributed by atoms with Gasteiger partial charge in [-0.25, -0.2) is 0 Å². The van der Waals surface area contributed by atoms with Crippen molar-refractivity contribution in [3.63, 3.8) is 0 Å². The first-order valence-corrected chi connectivity index (χ1v) is 14.6. The molecule has 1 aromatic heterocycles. The van der Waals surface area contributed by atoms with Gasteiger partial charge < -0.3 is 20.3 Å². The van der Waals surface area contributed by atoms with Gasteiger partial charge in [0, 0.05) is 29.9 Å². The highest BCUT2D eigenvalue weighted by Crippen LogP contribution is 2.39. The first-order valence-electron chi connectivity index (χ1n) is 14.2. The summed E-state index contributed by atoms with van der Waals surface area (Å²) in [6, 6.07) is 5.86. The summed E-state index contributed by atoms with van der Waals surface area (Å²) in [5.41, 5.74) is 2.79. The Morgan fingerprint density at radius 3 is 2.10 bits per heavy atom. The Morgan fingerprint density at radius 1 is 0.949 bits per heavy atom. The van der Waals surface area contributed by atoms with Crippen LogP contribution in [0.4, 0.5) is 0 Å². The van der Waals surface area contributed by atoms with E-state index in [9.17, 15) is 14.7 Å². The molecule has 3 rings (SSSR count). The van der Waals surface area contributed by atoms with Gasteiger partial charge in [-0.05, 0) is 89.5 Å². The van der Waals surface area contributed by atoms with Gasteiger partial charge in [-0.1, -0.05) is 51.6 Å². The molecule has 0 atom stereocenters. The smallest absolute Gasteiger partial charge is 0.253 e. The van der Waals surface area contributed by atoms with Gasteiger partial charge >= 0.3 is 0 Å². The van der Waals surface area contributed by atoms with E-state index in [2.05, 4.69) is 42.0 Å². The number of nitrogens with one attached hydrogen (secondary N) is 2. The highest BCUT2D eigenvalue weighted by molar-refractivity contribution is 6.36. The van der Waals surface area contributed by atoms with Crippen molar-refractivity contribution >= 4 is 23.4 Å². The van der Waals surface area contributed by atoms with Gasteiger partial charge in [0.25, 0.3) is 11.8 Å². The molecule has 39 heavy (non-hydrogen) atoms. The zero-order valence-corrected chi connectivity index (χ0v) is 26.1. The van der Waals surface area contributed by atoms with Gasteiger partial charge in [-0.2, -0.15) is 0 Å². The second-order valence-corrected chi connectivity index (χ2v) is 14.4. The van der Waals surface area contributed by atoms with Crippen LogP contribution in [0.3, 0.4) is 0 Å². The number of carbonyl (C=O) groups is 2. The maximum atomic E-state index is 13.4. The predicted octanol–water partition coefficient (Wildman–Crippen LogP) is 7.02. The summed E-state index contributed by atoms with van der Waals surface area (Å²) in [7, 11) is 0. The van der Waals surface area contributed by atoms with Crippen molar-refractivity contribution in [3.05, 3.63) is 45.6 Å². The molecule has 0 unspecified atom stereocenters. The van der Waals surface area contributed by atoms with Crippen molar-refractivity contribution in [3.8, 4) is 11.3 Å². The van der Waals surface area contributed by atoms with Gasteiger partial charge in [0.2, 0.25) is 0 Å². The first kappa shape index (κ1) is 31.2. The SMILES string of the molecule is Cc1c(C(=O)NCC(C)(C)O)cc(-c2cc(C(C)(C)C)cc(C(=O)NC(C)(C)C)c2Cl)n1CC1CCCCC1. The molecule has 1 saturated carbocycles. The molecule has 1 heterocycles. The van der Waals surface area contributed by atoms with Crippen molar-refractivity contribution in [2.45, 2.75) is 118 Å². The first-order chi connectivity index (χ1) is 17.9. The molecule has 1 aliphatic carbocycles.